The van der Waals surface area contributed by atoms with E-state index in [-0.39, 0.29) is 19.0 Å². The number of guanidine groups is 1. The first-order valence-corrected chi connectivity index (χ1v) is 8.62. The quantitative estimate of drug-likeness (QED) is 0.595. The molecular weight excluding hydrogens is 302 g/mol. The van der Waals surface area contributed by atoms with Crippen LogP contribution >= 0.6 is 0 Å². The van der Waals surface area contributed by atoms with Crippen LogP contribution < -0.4 is 5.73 Å². The summed E-state index contributed by atoms with van der Waals surface area (Å²) in [6.07, 6.45) is 3.35. The lowest BCUT2D eigenvalue weighted by atomic mass is 9.98. The van der Waals surface area contributed by atoms with E-state index >= 15 is 0 Å². The fraction of sp³-hybridized carbons (Fsp3) is 0.917. The van der Waals surface area contributed by atoms with Crippen LogP contribution in [0.2, 0.25) is 0 Å². The number of sulfonamides is 1. The highest BCUT2D eigenvalue weighted by Gasteiger charge is 2.34. The number of alkyl halides is 2. The minimum atomic E-state index is -4.44. The summed E-state index contributed by atoms with van der Waals surface area (Å²) in [7, 11) is -2.53. The molecule has 0 aromatic rings. The van der Waals surface area contributed by atoms with Crippen LogP contribution in [0.4, 0.5) is 8.78 Å². The van der Waals surface area contributed by atoms with Gasteiger partial charge in [-0.25, -0.2) is 8.42 Å². The molecule has 6 nitrogen and oxygen atoms in total. The highest BCUT2D eigenvalue weighted by atomic mass is 32.2. The van der Waals surface area contributed by atoms with Crippen molar-refractivity contribution in [2.75, 3.05) is 26.7 Å². The molecule has 9 heteroatoms. The second-order valence-corrected chi connectivity index (χ2v) is 7.59. The van der Waals surface area contributed by atoms with E-state index in [1.165, 1.54) is 0 Å². The van der Waals surface area contributed by atoms with Crippen molar-refractivity contribution in [2.24, 2.45) is 16.6 Å². The second kappa shape index (κ2) is 6.43. The average Bonchev–Trinajstić information content (AvgIpc) is 3.28. The summed E-state index contributed by atoms with van der Waals surface area (Å²) < 4.78 is 48.5. The molecule has 0 bridgehead atoms. The van der Waals surface area contributed by atoms with E-state index in [0.717, 1.165) is 17.1 Å². The van der Waals surface area contributed by atoms with Crippen molar-refractivity contribution in [3.05, 3.63) is 0 Å². The predicted molar refractivity (Wildman–Crippen MR) is 76.5 cm³/mol. The number of hydrogen-bond acceptors (Lipinski definition) is 3. The molecule has 1 heterocycles. The molecule has 1 aliphatic heterocycles. The maximum Gasteiger partial charge on any atom is 0.350 e. The molecule has 1 aliphatic carbocycles. The molecule has 0 aromatic heterocycles. The van der Waals surface area contributed by atoms with Gasteiger partial charge in [0.05, 0.1) is 0 Å². The minimum absolute atomic E-state index is 0.130. The Hall–Kier alpha value is -0.960. The highest BCUT2D eigenvalue weighted by molar-refractivity contribution is 7.89. The minimum Gasteiger partial charge on any atom is -0.370 e. The Balaban J connectivity index is 1.80. The number of halogens is 2. The third-order valence-electron chi connectivity index (χ3n) is 4.13. The van der Waals surface area contributed by atoms with Crippen LogP contribution in [-0.2, 0) is 10.0 Å². The lowest BCUT2D eigenvalue weighted by molar-refractivity contribution is 0.205. The Morgan fingerprint density at radius 2 is 1.90 bits per heavy atom. The normalized spacial score (nSPS) is 22.8. The molecular formula is C12H22F2N4O2S. The lowest BCUT2D eigenvalue weighted by Crippen LogP contribution is -2.42. The molecule has 2 N–H and O–H groups in total. The molecule has 2 aliphatic rings. The zero-order chi connectivity index (χ0) is 15.6. The zero-order valence-electron chi connectivity index (χ0n) is 12.1. The molecule has 122 valence electrons. The van der Waals surface area contributed by atoms with Gasteiger partial charge >= 0.3 is 5.76 Å². The van der Waals surface area contributed by atoms with Crippen molar-refractivity contribution >= 4 is 16.0 Å². The first-order valence-electron chi connectivity index (χ1n) is 7.12. The molecule has 1 saturated heterocycles. The number of nitrogens with two attached hydrogens (primary N) is 1. The van der Waals surface area contributed by atoms with E-state index in [9.17, 15) is 17.2 Å². The Kier molecular flexibility index (Phi) is 5.03. The number of piperidine rings is 1. The summed E-state index contributed by atoms with van der Waals surface area (Å²) >= 11 is 0. The summed E-state index contributed by atoms with van der Waals surface area (Å²) in [5.41, 5.74) is 5.88. The number of rotatable bonds is 5. The smallest absolute Gasteiger partial charge is 0.350 e. The summed E-state index contributed by atoms with van der Waals surface area (Å²) in [4.78, 5) is 6.29. The van der Waals surface area contributed by atoms with Gasteiger partial charge in [0.25, 0.3) is 10.0 Å². The molecule has 21 heavy (non-hydrogen) atoms. The largest absolute Gasteiger partial charge is 0.370 e. The third kappa shape index (κ3) is 4.03. The van der Waals surface area contributed by atoms with Gasteiger partial charge in [0.15, 0.2) is 5.96 Å². The van der Waals surface area contributed by atoms with Gasteiger partial charge in [0.1, 0.15) is 0 Å². The fourth-order valence-corrected chi connectivity index (χ4v) is 3.39. The maximum atomic E-state index is 12.4. The molecule has 0 spiro atoms. The number of hydrogen-bond donors (Lipinski definition) is 1. The van der Waals surface area contributed by atoms with E-state index in [4.69, 9.17) is 5.73 Å². The van der Waals surface area contributed by atoms with Gasteiger partial charge < -0.3 is 10.6 Å². The van der Waals surface area contributed by atoms with Gasteiger partial charge in [-0.3, -0.25) is 4.99 Å². The molecule has 0 amide bonds. The average molecular weight is 324 g/mol. The van der Waals surface area contributed by atoms with E-state index in [1.54, 1.807) is 0 Å². The Morgan fingerprint density at radius 1 is 1.33 bits per heavy atom. The second-order valence-electron chi connectivity index (χ2n) is 5.69. The van der Waals surface area contributed by atoms with Crippen LogP contribution in [0.25, 0.3) is 0 Å². The first kappa shape index (κ1) is 16.4. The van der Waals surface area contributed by atoms with Crippen molar-refractivity contribution < 1.29 is 17.2 Å². The predicted octanol–water partition coefficient (Wildman–Crippen LogP) is 0.660. The monoisotopic (exact) mass is 324 g/mol. The SMILES string of the molecule is CN(C(N)=NCC1CCN(S(=O)(=O)C(F)F)CC1)C1CC1. The lowest BCUT2D eigenvalue weighted by Gasteiger charge is -2.30. The molecule has 0 atom stereocenters. The topological polar surface area (TPSA) is 79.0 Å². The number of nitrogens with zero attached hydrogens (tertiary/aromatic N) is 3. The third-order valence-corrected chi connectivity index (χ3v) is 5.66. The van der Waals surface area contributed by atoms with Crippen molar-refractivity contribution in [3.8, 4) is 0 Å². The summed E-state index contributed by atoms with van der Waals surface area (Å²) in [6.45, 7) is 0.780. The van der Waals surface area contributed by atoms with Crippen molar-refractivity contribution in [1.82, 2.24) is 9.21 Å². The van der Waals surface area contributed by atoms with E-state index in [2.05, 4.69) is 4.99 Å². The molecule has 0 unspecified atom stereocenters. The van der Waals surface area contributed by atoms with Crippen molar-refractivity contribution in [3.63, 3.8) is 0 Å². The van der Waals surface area contributed by atoms with Crippen LogP contribution in [0, 0.1) is 5.92 Å². The standard InChI is InChI=1S/C12H22F2N4O2S/c1-17(10-2-3-10)12(15)16-8-9-4-6-18(7-5-9)21(19,20)11(13)14/h9-11H,2-8H2,1H3,(H2,15,16). The molecule has 0 aromatic carbocycles. The molecule has 1 saturated carbocycles. The molecule has 0 radical (unpaired) electrons. The first-order chi connectivity index (χ1) is 9.82. The Bertz CT molecular complexity index is 485. The maximum absolute atomic E-state index is 12.4. The van der Waals surface area contributed by atoms with Crippen LogP contribution in [0.5, 0.6) is 0 Å². The van der Waals surface area contributed by atoms with Crippen LogP contribution in [0.15, 0.2) is 4.99 Å². The van der Waals surface area contributed by atoms with Gasteiger partial charge in [-0.2, -0.15) is 13.1 Å². The fourth-order valence-electron chi connectivity index (χ4n) is 2.44. The van der Waals surface area contributed by atoms with Crippen LogP contribution in [0.1, 0.15) is 25.7 Å². The van der Waals surface area contributed by atoms with Crippen LogP contribution in [-0.4, -0.2) is 62.1 Å². The zero-order valence-corrected chi connectivity index (χ0v) is 12.9. The van der Waals surface area contributed by atoms with Gasteiger partial charge in [0, 0.05) is 32.7 Å². The van der Waals surface area contributed by atoms with Crippen molar-refractivity contribution in [2.45, 2.75) is 37.5 Å². The molecule has 2 fully saturated rings. The van der Waals surface area contributed by atoms with Gasteiger partial charge in [-0.15, -0.1) is 0 Å². The highest BCUT2D eigenvalue weighted by Crippen LogP contribution is 2.25. The summed E-state index contributed by atoms with van der Waals surface area (Å²) in [5.74, 6) is -2.64. The van der Waals surface area contributed by atoms with Gasteiger partial charge in [-0.1, -0.05) is 0 Å². The summed E-state index contributed by atoms with van der Waals surface area (Å²) in [5, 5.41) is 0. The number of aliphatic imine (C=N–C) groups is 1. The Morgan fingerprint density at radius 3 is 2.38 bits per heavy atom. The van der Waals surface area contributed by atoms with Gasteiger partial charge in [0.2, 0.25) is 0 Å². The Labute approximate surface area is 124 Å². The van der Waals surface area contributed by atoms with E-state index < -0.39 is 15.8 Å². The summed E-state index contributed by atoms with van der Waals surface area (Å²) in [6, 6.07) is 0.492. The van der Waals surface area contributed by atoms with Crippen LogP contribution in [0.3, 0.4) is 0 Å². The van der Waals surface area contributed by atoms with Gasteiger partial charge in [-0.05, 0) is 31.6 Å². The van der Waals surface area contributed by atoms with E-state index in [1.807, 2.05) is 11.9 Å². The molecule has 2 rings (SSSR count). The van der Waals surface area contributed by atoms with E-state index in [0.29, 0.717) is 31.4 Å². The van der Waals surface area contributed by atoms with Crippen molar-refractivity contribution in [1.29, 1.82) is 0 Å².